The van der Waals surface area contributed by atoms with Crippen LogP contribution in [0, 0.1) is 0 Å². The lowest BCUT2D eigenvalue weighted by atomic mass is 10.1. The Balaban J connectivity index is 1.72. The van der Waals surface area contributed by atoms with Crippen LogP contribution in [-0.4, -0.2) is 37.2 Å². The third kappa shape index (κ3) is 4.21. The molecule has 1 fully saturated rings. The van der Waals surface area contributed by atoms with E-state index in [2.05, 4.69) is 17.3 Å². The summed E-state index contributed by atoms with van der Waals surface area (Å²) in [5, 5.41) is 2.72. The second-order valence-corrected chi connectivity index (χ2v) is 5.23. The third-order valence-electron chi connectivity index (χ3n) is 3.76. The standard InChI is InChI=1S/C15H23N3O2/c1-18-8-3-6-14(18)7-9-20-15(19)17-13-5-2-4-12(10-13)11-16/h2,4-5,10,14H,3,6-9,11,16H2,1H3,(H,17,19). The van der Waals surface area contributed by atoms with Crippen LogP contribution in [0.15, 0.2) is 24.3 Å². The van der Waals surface area contributed by atoms with Crippen LogP contribution in [-0.2, 0) is 11.3 Å². The summed E-state index contributed by atoms with van der Waals surface area (Å²) in [7, 11) is 2.12. The van der Waals surface area contributed by atoms with Crippen molar-refractivity contribution in [2.45, 2.75) is 31.8 Å². The molecule has 0 aliphatic carbocycles. The number of benzene rings is 1. The molecule has 1 saturated heterocycles. The van der Waals surface area contributed by atoms with Gasteiger partial charge in [-0.2, -0.15) is 0 Å². The van der Waals surface area contributed by atoms with Crippen LogP contribution in [0.3, 0.4) is 0 Å². The number of nitrogens with one attached hydrogen (secondary N) is 1. The monoisotopic (exact) mass is 277 g/mol. The molecule has 1 aliphatic heterocycles. The smallest absolute Gasteiger partial charge is 0.411 e. The number of rotatable bonds is 5. The van der Waals surface area contributed by atoms with Gasteiger partial charge in [0.05, 0.1) is 6.61 Å². The molecule has 3 N–H and O–H groups in total. The Kier molecular flexibility index (Phi) is 5.38. The minimum atomic E-state index is -0.403. The highest BCUT2D eigenvalue weighted by Gasteiger charge is 2.20. The largest absolute Gasteiger partial charge is 0.449 e. The Bertz CT molecular complexity index is 450. The van der Waals surface area contributed by atoms with Crippen LogP contribution in [0.2, 0.25) is 0 Å². The summed E-state index contributed by atoms with van der Waals surface area (Å²) in [6.45, 7) is 2.05. The molecule has 20 heavy (non-hydrogen) atoms. The molecular formula is C15H23N3O2. The van der Waals surface area contributed by atoms with E-state index in [0.717, 1.165) is 24.2 Å². The predicted molar refractivity (Wildman–Crippen MR) is 79.6 cm³/mol. The van der Waals surface area contributed by atoms with E-state index in [0.29, 0.717) is 19.2 Å². The fourth-order valence-electron chi connectivity index (χ4n) is 2.56. The molecule has 0 saturated carbocycles. The van der Waals surface area contributed by atoms with Gasteiger partial charge in [-0.15, -0.1) is 0 Å². The van der Waals surface area contributed by atoms with Crippen LogP contribution in [0.1, 0.15) is 24.8 Å². The van der Waals surface area contributed by atoms with Gasteiger partial charge in [0.15, 0.2) is 0 Å². The van der Waals surface area contributed by atoms with Gasteiger partial charge in [0.25, 0.3) is 0 Å². The number of nitrogens with two attached hydrogens (primary N) is 1. The van der Waals surface area contributed by atoms with Gasteiger partial charge in [-0.1, -0.05) is 12.1 Å². The number of likely N-dealkylation sites (tertiary alicyclic amines) is 1. The fourth-order valence-corrected chi connectivity index (χ4v) is 2.56. The molecule has 1 aliphatic rings. The van der Waals surface area contributed by atoms with E-state index >= 15 is 0 Å². The summed E-state index contributed by atoms with van der Waals surface area (Å²) < 4.78 is 5.22. The van der Waals surface area contributed by atoms with Crippen LogP contribution in [0.25, 0.3) is 0 Å². The lowest BCUT2D eigenvalue weighted by Gasteiger charge is -2.18. The lowest BCUT2D eigenvalue weighted by molar-refractivity contribution is 0.147. The zero-order chi connectivity index (χ0) is 14.4. The van der Waals surface area contributed by atoms with Gasteiger partial charge in [0.2, 0.25) is 0 Å². The first-order valence-corrected chi connectivity index (χ1v) is 7.12. The Morgan fingerprint density at radius 3 is 3.10 bits per heavy atom. The van der Waals surface area contributed by atoms with E-state index in [4.69, 9.17) is 10.5 Å². The van der Waals surface area contributed by atoms with E-state index in [1.807, 2.05) is 24.3 Å². The number of nitrogens with zero attached hydrogens (tertiary/aromatic N) is 1. The Hall–Kier alpha value is -1.59. The maximum absolute atomic E-state index is 11.7. The summed E-state index contributed by atoms with van der Waals surface area (Å²) in [5.74, 6) is 0. The topological polar surface area (TPSA) is 67.6 Å². The van der Waals surface area contributed by atoms with E-state index < -0.39 is 6.09 Å². The van der Waals surface area contributed by atoms with Crippen molar-refractivity contribution in [3.05, 3.63) is 29.8 Å². The number of hydrogen-bond acceptors (Lipinski definition) is 4. The van der Waals surface area contributed by atoms with Gasteiger partial charge in [-0.05, 0) is 50.6 Å². The molecule has 1 aromatic carbocycles. The molecule has 1 heterocycles. The number of hydrogen-bond donors (Lipinski definition) is 2. The molecule has 2 rings (SSSR count). The number of ether oxygens (including phenoxy) is 1. The number of amides is 1. The van der Waals surface area contributed by atoms with Crippen molar-refractivity contribution >= 4 is 11.8 Å². The molecule has 1 atom stereocenters. The second-order valence-electron chi connectivity index (χ2n) is 5.23. The van der Waals surface area contributed by atoms with Crippen molar-refractivity contribution < 1.29 is 9.53 Å². The van der Waals surface area contributed by atoms with Gasteiger partial charge in [-0.25, -0.2) is 4.79 Å². The van der Waals surface area contributed by atoms with E-state index in [9.17, 15) is 4.79 Å². The van der Waals surface area contributed by atoms with Gasteiger partial charge < -0.3 is 15.4 Å². The molecule has 5 nitrogen and oxygen atoms in total. The molecule has 1 amide bonds. The molecule has 1 unspecified atom stereocenters. The first-order valence-electron chi connectivity index (χ1n) is 7.12. The van der Waals surface area contributed by atoms with Crippen LogP contribution < -0.4 is 11.1 Å². The van der Waals surface area contributed by atoms with Gasteiger partial charge >= 0.3 is 6.09 Å². The maximum atomic E-state index is 11.7. The van der Waals surface area contributed by atoms with E-state index in [1.165, 1.54) is 12.8 Å². The molecule has 0 aromatic heterocycles. The predicted octanol–water partition coefficient (Wildman–Crippen LogP) is 2.18. The van der Waals surface area contributed by atoms with E-state index in [-0.39, 0.29) is 0 Å². The van der Waals surface area contributed by atoms with Crippen LogP contribution >= 0.6 is 0 Å². The first kappa shape index (κ1) is 14.8. The SMILES string of the molecule is CN1CCCC1CCOC(=O)Nc1cccc(CN)c1. The number of anilines is 1. The van der Waals surface area contributed by atoms with Crippen molar-refractivity contribution in [2.24, 2.45) is 5.73 Å². The second kappa shape index (κ2) is 7.26. The van der Waals surface area contributed by atoms with Crippen molar-refractivity contribution in [1.29, 1.82) is 0 Å². The summed E-state index contributed by atoms with van der Waals surface area (Å²) in [6, 6.07) is 8.01. The maximum Gasteiger partial charge on any atom is 0.411 e. The normalized spacial score (nSPS) is 19.0. The average molecular weight is 277 g/mol. The summed E-state index contributed by atoms with van der Waals surface area (Å²) in [4.78, 5) is 14.0. The molecule has 1 aromatic rings. The van der Waals surface area contributed by atoms with Gasteiger partial charge in [-0.3, -0.25) is 5.32 Å². The Morgan fingerprint density at radius 1 is 1.55 bits per heavy atom. The van der Waals surface area contributed by atoms with Crippen molar-refractivity contribution in [1.82, 2.24) is 4.90 Å². The third-order valence-corrected chi connectivity index (χ3v) is 3.76. The summed E-state index contributed by atoms with van der Waals surface area (Å²) in [6.07, 6.45) is 2.92. The minimum Gasteiger partial charge on any atom is -0.449 e. The molecule has 0 spiro atoms. The van der Waals surface area contributed by atoms with Crippen LogP contribution in [0.5, 0.6) is 0 Å². The van der Waals surface area contributed by atoms with E-state index in [1.54, 1.807) is 0 Å². The van der Waals surface area contributed by atoms with Gasteiger partial charge in [0, 0.05) is 18.3 Å². The average Bonchev–Trinajstić information content (AvgIpc) is 2.85. The molecular weight excluding hydrogens is 254 g/mol. The lowest BCUT2D eigenvalue weighted by Crippen LogP contribution is -2.27. The van der Waals surface area contributed by atoms with Crippen molar-refractivity contribution in [3.63, 3.8) is 0 Å². The Labute approximate surface area is 120 Å². The molecule has 110 valence electrons. The Morgan fingerprint density at radius 2 is 2.40 bits per heavy atom. The van der Waals surface area contributed by atoms with Crippen LogP contribution in [0.4, 0.5) is 10.5 Å². The fraction of sp³-hybridized carbons (Fsp3) is 0.533. The highest BCUT2D eigenvalue weighted by Crippen LogP contribution is 2.17. The van der Waals surface area contributed by atoms with Crippen molar-refractivity contribution in [2.75, 3.05) is 25.5 Å². The zero-order valence-corrected chi connectivity index (χ0v) is 12.0. The quantitative estimate of drug-likeness (QED) is 0.865. The number of carbonyl (C=O) groups excluding carboxylic acids is 1. The molecule has 0 bridgehead atoms. The van der Waals surface area contributed by atoms with Crippen molar-refractivity contribution in [3.8, 4) is 0 Å². The molecule has 5 heteroatoms. The van der Waals surface area contributed by atoms with Gasteiger partial charge in [0.1, 0.15) is 0 Å². The highest BCUT2D eigenvalue weighted by molar-refractivity contribution is 5.84. The summed E-state index contributed by atoms with van der Waals surface area (Å²) in [5.41, 5.74) is 7.26. The highest BCUT2D eigenvalue weighted by atomic mass is 16.5. The first-order chi connectivity index (χ1) is 9.69. The summed E-state index contributed by atoms with van der Waals surface area (Å²) >= 11 is 0. The zero-order valence-electron chi connectivity index (χ0n) is 12.0. The minimum absolute atomic E-state index is 0.403. The number of carbonyl (C=O) groups is 1. The molecule has 0 radical (unpaired) electrons.